The van der Waals surface area contributed by atoms with Crippen LogP contribution in [0.3, 0.4) is 0 Å². The van der Waals surface area contributed by atoms with Crippen LogP contribution in [0.4, 0.5) is 35.1 Å². The lowest BCUT2D eigenvalue weighted by Crippen LogP contribution is -2.63. The van der Waals surface area contributed by atoms with Crippen LogP contribution in [0.15, 0.2) is 0 Å². The predicted molar refractivity (Wildman–Crippen MR) is 95.9 cm³/mol. The van der Waals surface area contributed by atoms with E-state index in [0.29, 0.717) is 12.8 Å². The van der Waals surface area contributed by atoms with Gasteiger partial charge in [-0.15, -0.1) is 0 Å². The first-order valence-electron chi connectivity index (χ1n) is 7.56. The summed E-state index contributed by atoms with van der Waals surface area (Å²) < 4.78 is 107. The van der Waals surface area contributed by atoms with Crippen molar-refractivity contribution in [2.75, 3.05) is 6.61 Å². The summed E-state index contributed by atoms with van der Waals surface area (Å²) in [5.74, 6) is -23.2. The van der Waals surface area contributed by atoms with Gasteiger partial charge in [0.25, 0.3) is 0 Å². The van der Waals surface area contributed by atoms with Crippen molar-refractivity contribution in [3.63, 3.8) is 0 Å². The minimum Gasteiger partial charge on any atom is -0.395 e. The summed E-state index contributed by atoms with van der Waals surface area (Å²) in [6, 6.07) is 0. The van der Waals surface area contributed by atoms with Crippen molar-refractivity contribution in [3.05, 3.63) is 0 Å². The van der Waals surface area contributed by atoms with E-state index < -0.39 is 51.0 Å². The standard InChI is InChI=1S/C14H20F8I2O/c1-2-3-4-5-9(23)6-11(15,16)13(19,20)14(21,22)12(17,18)7-10(24)8-25/h9-10,25H,2-8H2,1H3. The minimum atomic E-state index is -6.25. The lowest BCUT2D eigenvalue weighted by atomic mass is 9.92. The summed E-state index contributed by atoms with van der Waals surface area (Å²) in [4.78, 5) is 0. The van der Waals surface area contributed by atoms with Gasteiger partial charge < -0.3 is 5.11 Å². The second kappa shape index (κ2) is 9.87. The fourth-order valence-electron chi connectivity index (χ4n) is 2.05. The highest BCUT2D eigenvalue weighted by Gasteiger charge is 2.80. The van der Waals surface area contributed by atoms with Gasteiger partial charge in [0.1, 0.15) is 0 Å². The third-order valence-electron chi connectivity index (χ3n) is 3.59. The number of rotatable bonds is 12. The zero-order chi connectivity index (χ0) is 20.1. The van der Waals surface area contributed by atoms with Gasteiger partial charge in [-0.05, 0) is 6.42 Å². The van der Waals surface area contributed by atoms with Gasteiger partial charge in [-0.1, -0.05) is 71.4 Å². The molecule has 2 atom stereocenters. The Bertz CT molecular complexity index is 406. The molecule has 0 fully saturated rings. The summed E-state index contributed by atoms with van der Waals surface area (Å²) >= 11 is 2.60. The molecule has 0 spiro atoms. The topological polar surface area (TPSA) is 20.2 Å². The molecule has 1 nitrogen and oxygen atoms in total. The Kier molecular flexibility index (Phi) is 10.2. The molecule has 152 valence electrons. The molecule has 11 heteroatoms. The average molecular weight is 610 g/mol. The van der Waals surface area contributed by atoms with Gasteiger partial charge in [0.05, 0.1) is 6.61 Å². The number of aliphatic hydroxyl groups is 1. The lowest BCUT2D eigenvalue weighted by molar-refractivity contribution is -0.367. The first-order chi connectivity index (χ1) is 11.2. The maximum absolute atomic E-state index is 13.8. The third kappa shape index (κ3) is 6.46. The van der Waals surface area contributed by atoms with Crippen molar-refractivity contribution in [2.24, 2.45) is 0 Å². The molecule has 0 heterocycles. The average Bonchev–Trinajstić information content (AvgIpc) is 2.45. The summed E-state index contributed by atoms with van der Waals surface area (Å²) in [5, 5.41) is 8.63. The van der Waals surface area contributed by atoms with Gasteiger partial charge in [0.2, 0.25) is 0 Å². The minimum absolute atomic E-state index is 0.0996. The smallest absolute Gasteiger partial charge is 0.378 e. The molecule has 0 amide bonds. The van der Waals surface area contributed by atoms with Crippen molar-refractivity contribution in [1.82, 2.24) is 0 Å². The van der Waals surface area contributed by atoms with Gasteiger partial charge in [-0.3, -0.25) is 0 Å². The SMILES string of the molecule is CCCCCC(I)CC(F)(F)C(F)(F)C(F)(F)C(F)(F)CC(I)CO. The van der Waals surface area contributed by atoms with E-state index in [1.165, 1.54) is 22.6 Å². The molecule has 0 aliphatic carbocycles. The summed E-state index contributed by atoms with van der Waals surface area (Å²) in [7, 11) is 0. The summed E-state index contributed by atoms with van der Waals surface area (Å²) in [5.41, 5.74) is 0. The van der Waals surface area contributed by atoms with E-state index in [-0.39, 0.29) is 6.42 Å². The quantitative estimate of drug-likeness (QED) is 0.116. The Balaban J connectivity index is 5.32. The Labute approximate surface area is 168 Å². The van der Waals surface area contributed by atoms with E-state index in [1.54, 1.807) is 0 Å². The van der Waals surface area contributed by atoms with Crippen LogP contribution in [0.1, 0.15) is 45.4 Å². The fraction of sp³-hybridized carbons (Fsp3) is 1.00. The van der Waals surface area contributed by atoms with Crippen LogP contribution in [0.2, 0.25) is 0 Å². The molecule has 0 aliphatic heterocycles. The number of hydrogen-bond donors (Lipinski definition) is 1. The van der Waals surface area contributed by atoms with Crippen LogP contribution in [-0.4, -0.2) is 43.3 Å². The zero-order valence-corrected chi connectivity index (χ0v) is 17.6. The number of hydrogen-bond acceptors (Lipinski definition) is 1. The van der Waals surface area contributed by atoms with Gasteiger partial charge in [-0.25, -0.2) is 0 Å². The Morgan fingerprint density at radius 1 is 0.760 bits per heavy atom. The Morgan fingerprint density at radius 3 is 1.52 bits per heavy atom. The first kappa shape index (κ1) is 25.9. The molecule has 25 heavy (non-hydrogen) atoms. The number of aliphatic hydroxyl groups excluding tert-OH is 1. The molecule has 0 aliphatic rings. The van der Waals surface area contributed by atoms with Crippen molar-refractivity contribution in [2.45, 2.75) is 77.0 Å². The van der Waals surface area contributed by atoms with Gasteiger partial charge >= 0.3 is 23.7 Å². The highest BCUT2D eigenvalue weighted by atomic mass is 127. The zero-order valence-electron chi connectivity index (χ0n) is 13.3. The Hall–Kier alpha value is 0.860. The molecule has 0 saturated carbocycles. The van der Waals surface area contributed by atoms with E-state index in [1.807, 2.05) is 6.92 Å². The van der Waals surface area contributed by atoms with E-state index in [9.17, 15) is 35.1 Å². The lowest BCUT2D eigenvalue weighted by Gasteiger charge is -2.38. The van der Waals surface area contributed by atoms with Crippen LogP contribution in [-0.2, 0) is 0 Å². The largest absolute Gasteiger partial charge is 0.395 e. The van der Waals surface area contributed by atoms with Gasteiger partial charge in [0, 0.05) is 20.7 Å². The summed E-state index contributed by atoms with van der Waals surface area (Å²) in [6.45, 7) is 0.863. The van der Waals surface area contributed by atoms with Crippen LogP contribution >= 0.6 is 45.2 Å². The molecular formula is C14H20F8I2O. The van der Waals surface area contributed by atoms with Crippen molar-refractivity contribution in [3.8, 4) is 0 Å². The predicted octanol–water partition coefficient (Wildman–Crippen LogP) is 6.49. The van der Waals surface area contributed by atoms with Crippen molar-refractivity contribution in [1.29, 1.82) is 0 Å². The van der Waals surface area contributed by atoms with E-state index >= 15 is 0 Å². The van der Waals surface area contributed by atoms with Crippen LogP contribution < -0.4 is 0 Å². The monoisotopic (exact) mass is 610 g/mol. The molecule has 2 unspecified atom stereocenters. The fourth-order valence-corrected chi connectivity index (χ4v) is 3.60. The highest BCUT2D eigenvalue weighted by molar-refractivity contribution is 14.1. The van der Waals surface area contributed by atoms with Crippen LogP contribution in [0, 0.1) is 0 Å². The van der Waals surface area contributed by atoms with E-state index in [2.05, 4.69) is 0 Å². The van der Waals surface area contributed by atoms with Crippen molar-refractivity contribution < 1.29 is 40.2 Å². The summed E-state index contributed by atoms with van der Waals surface area (Å²) in [6.07, 6.45) is -1.50. The molecule has 1 N–H and O–H groups in total. The van der Waals surface area contributed by atoms with Crippen LogP contribution in [0.25, 0.3) is 0 Å². The maximum atomic E-state index is 13.8. The normalized spacial score (nSPS) is 16.8. The van der Waals surface area contributed by atoms with Gasteiger partial charge in [0.15, 0.2) is 0 Å². The van der Waals surface area contributed by atoms with E-state index in [0.717, 1.165) is 29.0 Å². The molecule has 0 radical (unpaired) electrons. The second-order valence-corrected chi connectivity index (χ2v) is 9.36. The number of alkyl halides is 10. The molecule has 0 aromatic heterocycles. The van der Waals surface area contributed by atoms with Gasteiger partial charge in [-0.2, -0.15) is 35.1 Å². The first-order valence-corrected chi connectivity index (χ1v) is 10.1. The second-order valence-electron chi connectivity index (χ2n) is 5.84. The van der Waals surface area contributed by atoms with Crippen molar-refractivity contribution >= 4 is 45.2 Å². The van der Waals surface area contributed by atoms with Crippen LogP contribution in [0.5, 0.6) is 0 Å². The third-order valence-corrected chi connectivity index (χ3v) is 5.49. The molecular weight excluding hydrogens is 590 g/mol. The van der Waals surface area contributed by atoms with E-state index in [4.69, 9.17) is 5.11 Å². The number of unbranched alkanes of at least 4 members (excludes halogenated alkanes) is 2. The number of halogens is 10. The highest BCUT2D eigenvalue weighted by Crippen LogP contribution is 2.55. The Morgan fingerprint density at radius 2 is 1.16 bits per heavy atom. The molecule has 0 aromatic carbocycles. The molecule has 0 bridgehead atoms. The molecule has 0 aromatic rings. The molecule has 0 saturated heterocycles. The maximum Gasteiger partial charge on any atom is 0.378 e. The molecule has 0 rings (SSSR count).